The van der Waals surface area contributed by atoms with Crippen LogP contribution in [0.25, 0.3) is 0 Å². The van der Waals surface area contributed by atoms with Gasteiger partial charge in [0.15, 0.2) is 0 Å². The van der Waals surface area contributed by atoms with Crippen LogP contribution in [0.3, 0.4) is 0 Å². The number of hydrogen-bond donors (Lipinski definition) is 2. The lowest BCUT2D eigenvalue weighted by atomic mass is 9.87. The molecule has 1 fully saturated rings. The fraction of sp³-hybridized carbons (Fsp3) is 0.588. The summed E-state index contributed by atoms with van der Waals surface area (Å²) < 4.78 is 5.18. The number of aliphatic hydroxyl groups is 1. The highest BCUT2D eigenvalue weighted by Gasteiger charge is 2.33. The van der Waals surface area contributed by atoms with Crippen molar-refractivity contribution in [2.24, 2.45) is 5.41 Å². The summed E-state index contributed by atoms with van der Waals surface area (Å²) in [4.78, 5) is 12.0. The summed E-state index contributed by atoms with van der Waals surface area (Å²) in [7, 11) is 1.64. The van der Waals surface area contributed by atoms with Crippen LogP contribution in [-0.4, -0.2) is 31.3 Å². The van der Waals surface area contributed by atoms with Crippen molar-refractivity contribution in [1.29, 1.82) is 0 Å². The Morgan fingerprint density at radius 3 is 2.81 bits per heavy atom. The lowest BCUT2D eigenvalue weighted by Gasteiger charge is -2.26. The monoisotopic (exact) mass is 291 g/mol. The maximum atomic E-state index is 12.0. The Morgan fingerprint density at radius 1 is 1.38 bits per heavy atom. The fourth-order valence-corrected chi connectivity index (χ4v) is 2.98. The molecular weight excluding hydrogens is 266 g/mol. The molecule has 2 N–H and O–H groups in total. The topological polar surface area (TPSA) is 58.6 Å². The van der Waals surface area contributed by atoms with Gasteiger partial charge in [-0.1, -0.05) is 25.0 Å². The molecule has 1 amide bonds. The molecule has 0 aromatic heterocycles. The van der Waals surface area contributed by atoms with Crippen LogP contribution in [0.4, 0.5) is 0 Å². The molecular formula is C17H25NO3. The second-order valence-corrected chi connectivity index (χ2v) is 5.99. The molecule has 4 heteroatoms. The summed E-state index contributed by atoms with van der Waals surface area (Å²) >= 11 is 0. The molecule has 0 heterocycles. The predicted octanol–water partition coefficient (Wildman–Crippen LogP) is 2.30. The second-order valence-electron chi connectivity index (χ2n) is 5.99. The van der Waals surface area contributed by atoms with E-state index in [-0.39, 0.29) is 17.9 Å². The van der Waals surface area contributed by atoms with Gasteiger partial charge >= 0.3 is 0 Å². The third-order valence-corrected chi connectivity index (χ3v) is 4.44. The van der Waals surface area contributed by atoms with Crippen molar-refractivity contribution in [1.82, 2.24) is 5.32 Å². The minimum Gasteiger partial charge on any atom is -0.497 e. The zero-order valence-electron chi connectivity index (χ0n) is 12.7. The lowest BCUT2D eigenvalue weighted by molar-refractivity contribution is -0.121. The van der Waals surface area contributed by atoms with Crippen molar-refractivity contribution >= 4 is 5.91 Å². The first-order valence-electron chi connectivity index (χ1n) is 7.68. The third-order valence-electron chi connectivity index (χ3n) is 4.44. The summed E-state index contributed by atoms with van der Waals surface area (Å²) in [5.74, 6) is 0.871. The Balaban J connectivity index is 1.76. The lowest BCUT2D eigenvalue weighted by Crippen LogP contribution is -2.38. The van der Waals surface area contributed by atoms with Crippen LogP contribution in [0.1, 0.15) is 37.7 Å². The summed E-state index contributed by atoms with van der Waals surface area (Å²) in [5.41, 5.74) is 1.02. The Labute approximate surface area is 126 Å². The van der Waals surface area contributed by atoms with Gasteiger partial charge in [-0.25, -0.2) is 0 Å². The number of carbonyl (C=O) groups excluding carboxylic acids is 1. The average Bonchev–Trinajstić information content (AvgIpc) is 3.00. The molecule has 0 radical (unpaired) electrons. The SMILES string of the molecule is COc1cccc(CCC(=O)NCC2(CO)CCCC2)c1. The summed E-state index contributed by atoms with van der Waals surface area (Å²) in [5, 5.41) is 12.5. The summed E-state index contributed by atoms with van der Waals surface area (Å²) in [6.45, 7) is 0.767. The van der Waals surface area contributed by atoms with Crippen molar-refractivity contribution in [3.8, 4) is 5.75 Å². The Bertz CT molecular complexity index is 467. The van der Waals surface area contributed by atoms with E-state index in [0.717, 1.165) is 37.0 Å². The molecule has 0 aliphatic heterocycles. The van der Waals surface area contributed by atoms with Crippen LogP contribution in [-0.2, 0) is 11.2 Å². The van der Waals surface area contributed by atoms with Gasteiger partial charge in [0.1, 0.15) is 5.75 Å². The van der Waals surface area contributed by atoms with Gasteiger partial charge in [0.05, 0.1) is 13.7 Å². The standard InChI is InChI=1S/C17H25NO3/c1-21-15-6-4-5-14(11-15)7-8-16(20)18-12-17(13-19)9-2-3-10-17/h4-6,11,19H,2-3,7-10,12-13H2,1H3,(H,18,20). The van der Waals surface area contributed by atoms with Gasteiger partial charge in [0.2, 0.25) is 5.91 Å². The van der Waals surface area contributed by atoms with Gasteiger partial charge in [0.25, 0.3) is 0 Å². The highest BCUT2D eigenvalue weighted by atomic mass is 16.5. The van der Waals surface area contributed by atoms with E-state index >= 15 is 0 Å². The van der Waals surface area contributed by atoms with Crippen LogP contribution < -0.4 is 10.1 Å². The predicted molar refractivity (Wildman–Crippen MR) is 82.3 cm³/mol. The molecule has 1 aromatic rings. The number of carbonyl (C=O) groups is 1. The molecule has 21 heavy (non-hydrogen) atoms. The van der Waals surface area contributed by atoms with Gasteiger partial charge in [-0.05, 0) is 37.0 Å². The van der Waals surface area contributed by atoms with Crippen molar-refractivity contribution < 1.29 is 14.6 Å². The molecule has 2 rings (SSSR count). The van der Waals surface area contributed by atoms with Crippen molar-refractivity contribution in [2.45, 2.75) is 38.5 Å². The molecule has 0 bridgehead atoms. The normalized spacial score (nSPS) is 16.7. The zero-order chi connectivity index (χ0) is 15.1. The number of amides is 1. The van der Waals surface area contributed by atoms with Gasteiger partial charge in [0, 0.05) is 18.4 Å². The molecule has 0 atom stereocenters. The number of ether oxygens (including phenoxy) is 1. The summed E-state index contributed by atoms with van der Waals surface area (Å²) in [6.07, 6.45) is 5.50. The van der Waals surface area contributed by atoms with E-state index in [9.17, 15) is 9.90 Å². The third kappa shape index (κ3) is 4.46. The largest absolute Gasteiger partial charge is 0.497 e. The molecule has 116 valence electrons. The van der Waals surface area contributed by atoms with E-state index < -0.39 is 0 Å². The van der Waals surface area contributed by atoms with Crippen LogP contribution >= 0.6 is 0 Å². The fourth-order valence-electron chi connectivity index (χ4n) is 2.98. The van der Waals surface area contributed by atoms with Crippen molar-refractivity contribution in [3.63, 3.8) is 0 Å². The maximum absolute atomic E-state index is 12.0. The van der Waals surface area contributed by atoms with E-state index in [4.69, 9.17) is 4.74 Å². The van der Waals surface area contributed by atoms with E-state index in [1.54, 1.807) is 7.11 Å². The number of benzene rings is 1. The Kier molecular flexibility index (Phi) is 5.62. The number of hydrogen-bond acceptors (Lipinski definition) is 3. The minimum atomic E-state index is -0.0778. The number of aliphatic hydroxyl groups excluding tert-OH is 1. The van der Waals surface area contributed by atoms with Gasteiger partial charge in [-0.2, -0.15) is 0 Å². The number of nitrogens with one attached hydrogen (secondary N) is 1. The average molecular weight is 291 g/mol. The molecule has 0 unspecified atom stereocenters. The Morgan fingerprint density at radius 2 is 2.14 bits per heavy atom. The van der Waals surface area contributed by atoms with Gasteiger partial charge in [-0.15, -0.1) is 0 Å². The van der Waals surface area contributed by atoms with Crippen LogP contribution in [0, 0.1) is 5.41 Å². The van der Waals surface area contributed by atoms with Crippen LogP contribution in [0.5, 0.6) is 5.75 Å². The molecule has 1 aliphatic carbocycles. The first kappa shape index (κ1) is 15.8. The molecule has 1 aliphatic rings. The number of methoxy groups -OCH3 is 1. The quantitative estimate of drug-likeness (QED) is 0.810. The van der Waals surface area contributed by atoms with Gasteiger partial charge < -0.3 is 15.2 Å². The smallest absolute Gasteiger partial charge is 0.220 e. The van der Waals surface area contributed by atoms with E-state index in [1.807, 2.05) is 24.3 Å². The van der Waals surface area contributed by atoms with Crippen LogP contribution in [0.15, 0.2) is 24.3 Å². The number of aryl methyl sites for hydroxylation is 1. The molecule has 4 nitrogen and oxygen atoms in total. The van der Waals surface area contributed by atoms with E-state index in [2.05, 4.69) is 5.32 Å². The highest BCUT2D eigenvalue weighted by Crippen LogP contribution is 2.36. The Hall–Kier alpha value is -1.55. The summed E-state index contributed by atoms with van der Waals surface area (Å²) in [6, 6.07) is 7.79. The maximum Gasteiger partial charge on any atom is 0.220 e. The highest BCUT2D eigenvalue weighted by molar-refractivity contribution is 5.76. The zero-order valence-corrected chi connectivity index (χ0v) is 12.7. The number of rotatable bonds is 7. The molecule has 0 spiro atoms. The molecule has 1 saturated carbocycles. The first-order valence-corrected chi connectivity index (χ1v) is 7.68. The molecule has 1 aromatic carbocycles. The van der Waals surface area contributed by atoms with Crippen LogP contribution in [0.2, 0.25) is 0 Å². The van der Waals surface area contributed by atoms with E-state index in [0.29, 0.717) is 19.4 Å². The molecule has 0 saturated heterocycles. The van der Waals surface area contributed by atoms with Crippen molar-refractivity contribution in [2.75, 3.05) is 20.3 Å². The van der Waals surface area contributed by atoms with E-state index in [1.165, 1.54) is 0 Å². The second kappa shape index (κ2) is 7.46. The van der Waals surface area contributed by atoms with Crippen molar-refractivity contribution in [3.05, 3.63) is 29.8 Å². The first-order chi connectivity index (χ1) is 10.2. The van der Waals surface area contributed by atoms with Gasteiger partial charge in [-0.3, -0.25) is 4.79 Å². The minimum absolute atomic E-state index is 0.0533.